The summed E-state index contributed by atoms with van der Waals surface area (Å²) in [6.45, 7) is 4.49. The van der Waals surface area contributed by atoms with Crippen molar-refractivity contribution in [1.29, 1.82) is 5.26 Å². The van der Waals surface area contributed by atoms with Crippen LogP contribution in [0.4, 0.5) is 15.9 Å². The van der Waals surface area contributed by atoms with Crippen molar-refractivity contribution >= 4 is 53.2 Å². The molecule has 1 saturated heterocycles. The number of aliphatic imine (C=N–C) groups is 1. The third-order valence-corrected chi connectivity index (χ3v) is 10.8. The Kier molecular flexibility index (Phi) is 7.39. The number of rotatable bonds is 5. The van der Waals surface area contributed by atoms with Crippen LogP contribution < -0.4 is 5.30 Å². The minimum absolute atomic E-state index is 0.254. The summed E-state index contributed by atoms with van der Waals surface area (Å²) in [6.07, 6.45) is 0.254. The number of nitriles is 1. The minimum Gasteiger partial charge on any atom is -0.379 e. The van der Waals surface area contributed by atoms with Crippen molar-refractivity contribution in [3.63, 3.8) is 0 Å². The van der Waals surface area contributed by atoms with Gasteiger partial charge in [0.25, 0.3) is 0 Å². The molecule has 192 valence electrons. The summed E-state index contributed by atoms with van der Waals surface area (Å²) >= 11 is 13.3. The molecule has 0 spiro atoms. The Labute approximate surface area is 225 Å². The highest BCUT2D eigenvalue weighted by Gasteiger charge is 2.46. The molecule has 0 N–H and O–H groups in total. The first kappa shape index (κ1) is 25.9. The highest BCUT2D eigenvalue weighted by molar-refractivity contribution is 7.70. The monoisotopic (exact) mass is 559 g/mol. The number of nitrogens with zero attached hydrogens (tertiary/aromatic N) is 7. The summed E-state index contributed by atoms with van der Waals surface area (Å²) in [5.74, 6) is 0.596. The number of morpholine rings is 1. The van der Waals surface area contributed by atoms with Gasteiger partial charge in [0.1, 0.15) is 17.3 Å². The van der Waals surface area contributed by atoms with Gasteiger partial charge in [-0.1, -0.05) is 41.4 Å². The summed E-state index contributed by atoms with van der Waals surface area (Å²) in [5.41, 5.74) is 1.55. The predicted molar refractivity (Wildman–Crippen MR) is 145 cm³/mol. The molecule has 2 aromatic carbocycles. The number of aryl methyl sites for hydroxylation is 2. The fourth-order valence-electron chi connectivity index (χ4n) is 4.73. The molecule has 2 aliphatic heterocycles. The van der Waals surface area contributed by atoms with Crippen LogP contribution in [-0.2, 0) is 11.3 Å². The molecule has 5 rings (SSSR count). The molecule has 37 heavy (non-hydrogen) atoms. The van der Waals surface area contributed by atoms with E-state index in [1.165, 1.54) is 6.07 Å². The first-order chi connectivity index (χ1) is 17.9. The van der Waals surface area contributed by atoms with Crippen LogP contribution in [0.1, 0.15) is 17.7 Å². The number of halogens is 3. The second-order valence-electron chi connectivity index (χ2n) is 8.63. The maximum atomic E-state index is 15.2. The summed E-state index contributed by atoms with van der Waals surface area (Å²) in [6, 6.07) is 14.0. The molecule has 8 nitrogen and oxygen atoms in total. The lowest BCUT2D eigenvalue weighted by molar-refractivity contribution is 0.0732. The molecular weight excluding hydrogens is 535 g/mol. The van der Waals surface area contributed by atoms with E-state index in [2.05, 4.69) is 10.7 Å². The van der Waals surface area contributed by atoms with Crippen LogP contribution in [0.2, 0.25) is 10.0 Å². The molecule has 0 saturated carbocycles. The van der Waals surface area contributed by atoms with E-state index in [1.807, 2.05) is 18.6 Å². The third-order valence-electron chi connectivity index (χ3n) is 6.42. The average Bonchev–Trinajstić information content (AvgIpc) is 3.22. The van der Waals surface area contributed by atoms with E-state index in [9.17, 15) is 5.26 Å². The summed E-state index contributed by atoms with van der Waals surface area (Å²) in [5, 5.41) is 15.7. The molecule has 3 heterocycles. The quantitative estimate of drug-likeness (QED) is 0.364. The summed E-state index contributed by atoms with van der Waals surface area (Å²) < 4.78 is 32.3. The number of fused-ring (bicyclic) bond motifs is 1. The molecule has 2 aliphatic rings. The molecule has 0 unspecified atom stereocenters. The van der Waals surface area contributed by atoms with Crippen molar-refractivity contribution in [1.82, 2.24) is 19.1 Å². The Morgan fingerprint density at radius 2 is 1.84 bits per heavy atom. The van der Waals surface area contributed by atoms with Crippen molar-refractivity contribution < 1.29 is 9.13 Å². The number of ether oxygens (including phenoxy) is 1. The number of hydrogen-bond acceptors (Lipinski definition) is 5. The highest BCUT2D eigenvalue weighted by Crippen LogP contribution is 2.62. The van der Waals surface area contributed by atoms with Crippen LogP contribution >= 0.6 is 30.6 Å². The largest absolute Gasteiger partial charge is 0.379 e. The molecule has 12 heteroatoms. The Morgan fingerprint density at radius 1 is 1.14 bits per heavy atom. The van der Waals surface area contributed by atoms with Crippen LogP contribution in [0, 0.1) is 24.1 Å². The molecular formula is C25H25Cl2FN7OP. The van der Waals surface area contributed by atoms with Gasteiger partial charge in [0.2, 0.25) is 0 Å². The standard InChI is InChI=1S/C25H25Cl2FN7OP/c1-17-23-25(35(31-17)12-6-11-29)30-24(18-7-3-4-10-21(18)28)33(2)37(23,34-13-15-36-16-14-34)32-22-19(26)8-5-9-20(22)27/h3-5,7-10H,6,12-16H2,1-2H3/t37-/m0/s1. The SMILES string of the molecule is Cc1nn(CCC#N)c2c1[P@@](=Nc1c(Cl)cccc1Cl)(N1CCOCC1)N(C)C(c1ccccc1F)=N2. The van der Waals surface area contributed by atoms with E-state index in [4.69, 9.17) is 42.8 Å². The van der Waals surface area contributed by atoms with E-state index in [0.717, 1.165) is 11.0 Å². The molecule has 0 bridgehead atoms. The summed E-state index contributed by atoms with van der Waals surface area (Å²) in [4.78, 5) is 4.95. The van der Waals surface area contributed by atoms with Gasteiger partial charge in [0.15, 0.2) is 13.2 Å². The van der Waals surface area contributed by atoms with Gasteiger partial charge in [0, 0.05) is 20.1 Å². The lowest BCUT2D eigenvalue weighted by Crippen LogP contribution is -2.45. The van der Waals surface area contributed by atoms with Crippen molar-refractivity contribution in [2.75, 3.05) is 33.4 Å². The molecule has 0 amide bonds. The van der Waals surface area contributed by atoms with Crippen molar-refractivity contribution in [3.8, 4) is 6.07 Å². The van der Waals surface area contributed by atoms with Crippen LogP contribution in [0.3, 0.4) is 0 Å². The molecule has 1 aromatic heterocycles. The Balaban J connectivity index is 1.90. The van der Waals surface area contributed by atoms with Crippen LogP contribution in [0.25, 0.3) is 0 Å². The van der Waals surface area contributed by atoms with Crippen LogP contribution in [-0.4, -0.2) is 58.3 Å². The zero-order valence-corrected chi connectivity index (χ0v) is 22.8. The topological polar surface area (TPSA) is 82.0 Å². The number of benzene rings is 2. The second-order valence-corrected chi connectivity index (χ2v) is 12.4. The van der Waals surface area contributed by atoms with Gasteiger partial charge < -0.3 is 9.41 Å². The van der Waals surface area contributed by atoms with E-state index < -0.39 is 13.2 Å². The molecule has 1 fully saturated rings. The summed E-state index contributed by atoms with van der Waals surface area (Å²) in [7, 11) is -1.05. The molecule has 3 aromatic rings. The molecule has 0 aliphatic carbocycles. The second kappa shape index (κ2) is 10.6. The maximum absolute atomic E-state index is 15.2. The maximum Gasteiger partial charge on any atom is 0.165 e. The lowest BCUT2D eigenvalue weighted by atomic mass is 10.2. The van der Waals surface area contributed by atoms with E-state index in [1.54, 1.807) is 41.1 Å². The first-order valence-corrected chi connectivity index (χ1v) is 14.2. The first-order valence-electron chi connectivity index (χ1n) is 11.8. The predicted octanol–water partition coefficient (Wildman–Crippen LogP) is 5.90. The lowest BCUT2D eigenvalue weighted by Gasteiger charge is -2.46. The van der Waals surface area contributed by atoms with E-state index in [0.29, 0.717) is 65.8 Å². The Morgan fingerprint density at radius 3 is 2.51 bits per heavy atom. The average molecular weight is 560 g/mol. The van der Waals surface area contributed by atoms with Gasteiger partial charge in [-0.3, -0.25) is 0 Å². The third kappa shape index (κ3) is 4.47. The van der Waals surface area contributed by atoms with Gasteiger partial charge in [-0.15, -0.1) is 0 Å². The Bertz CT molecular complexity index is 1460. The normalized spacial score (nSPS) is 19.8. The zero-order valence-electron chi connectivity index (χ0n) is 20.4. The van der Waals surface area contributed by atoms with Crippen LogP contribution in [0.5, 0.6) is 0 Å². The van der Waals surface area contributed by atoms with E-state index in [-0.39, 0.29) is 6.42 Å². The minimum atomic E-state index is -2.93. The molecule has 1 atom stereocenters. The van der Waals surface area contributed by atoms with Gasteiger partial charge in [-0.05, 0) is 31.2 Å². The van der Waals surface area contributed by atoms with Crippen molar-refractivity contribution in [2.24, 2.45) is 9.74 Å². The van der Waals surface area contributed by atoms with Gasteiger partial charge >= 0.3 is 0 Å². The molecule has 0 radical (unpaired) electrons. The number of amidine groups is 1. The van der Waals surface area contributed by atoms with Crippen molar-refractivity contribution in [3.05, 3.63) is 69.6 Å². The Hall–Kier alpha value is -2.73. The zero-order chi connectivity index (χ0) is 26.2. The number of hydrogen-bond donors (Lipinski definition) is 0. The smallest absolute Gasteiger partial charge is 0.165 e. The van der Waals surface area contributed by atoms with Crippen molar-refractivity contribution in [2.45, 2.75) is 19.9 Å². The van der Waals surface area contributed by atoms with E-state index >= 15 is 4.39 Å². The highest BCUT2D eigenvalue weighted by atomic mass is 35.5. The number of aromatic nitrogens is 2. The fraction of sp³-hybridized carbons (Fsp3) is 0.320. The van der Waals surface area contributed by atoms with Gasteiger partial charge in [-0.2, -0.15) is 10.4 Å². The van der Waals surface area contributed by atoms with Crippen LogP contribution in [0.15, 0.2) is 52.2 Å². The fourth-order valence-corrected chi connectivity index (χ4v) is 9.20. The van der Waals surface area contributed by atoms with Gasteiger partial charge in [-0.25, -0.2) is 23.5 Å². The van der Waals surface area contributed by atoms with Gasteiger partial charge in [0.05, 0.1) is 58.9 Å².